The molecule has 2 rings (SSSR count). The van der Waals surface area contributed by atoms with E-state index in [0.29, 0.717) is 11.6 Å². The average molecular weight is 352 g/mol. The molecule has 0 aliphatic heterocycles. The van der Waals surface area contributed by atoms with E-state index in [1.165, 1.54) is 10.6 Å². The van der Waals surface area contributed by atoms with Crippen molar-refractivity contribution in [3.63, 3.8) is 0 Å². The Kier molecular flexibility index (Phi) is 6.27. The van der Waals surface area contributed by atoms with Gasteiger partial charge in [0, 0.05) is 19.0 Å². The summed E-state index contributed by atoms with van der Waals surface area (Å²) in [6.45, 7) is 4.35. The molecule has 0 saturated heterocycles. The fourth-order valence-corrected chi connectivity index (χ4v) is 4.01. The van der Waals surface area contributed by atoms with Crippen LogP contribution in [0, 0.1) is 0 Å². The van der Waals surface area contributed by atoms with Crippen molar-refractivity contribution in [1.82, 2.24) is 5.32 Å². The second-order valence-electron chi connectivity index (χ2n) is 6.88. The number of sulfonamides is 1. The van der Waals surface area contributed by atoms with Crippen LogP contribution in [0.4, 0.5) is 5.69 Å². The number of hydrogen-bond donors (Lipinski definition) is 1. The molecule has 1 aromatic rings. The maximum atomic E-state index is 12.1. The number of nitrogens with zero attached hydrogens (tertiary/aromatic N) is 1. The molecule has 5 nitrogen and oxygen atoms in total. The second-order valence-corrected chi connectivity index (χ2v) is 8.79. The van der Waals surface area contributed by atoms with Crippen molar-refractivity contribution in [3.8, 4) is 0 Å². The highest BCUT2D eigenvalue weighted by Gasteiger charge is 2.21. The van der Waals surface area contributed by atoms with Crippen molar-refractivity contribution in [3.05, 3.63) is 29.8 Å². The largest absolute Gasteiger partial charge is 0.353 e. The Morgan fingerprint density at radius 3 is 2.29 bits per heavy atom. The molecular formula is C18H28N2O3S. The SMILES string of the molecule is CC(C)c1ccc(N(CCC(=O)NC2CCCC2)S(C)(=O)=O)cc1. The minimum Gasteiger partial charge on any atom is -0.353 e. The van der Waals surface area contributed by atoms with Crippen LogP contribution in [0.5, 0.6) is 0 Å². The van der Waals surface area contributed by atoms with Crippen molar-refractivity contribution in [2.75, 3.05) is 17.1 Å². The van der Waals surface area contributed by atoms with Gasteiger partial charge in [-0.2, -0.15) is 0 Å². The summed E-state index contributed by atoms with van der Waals surface area (Å²) in [7, 11) is -3.42. The van der Waals surface area contributed by atoms with Gasteiger partial charge in [0.15, 0.2) is 0 Å². The van der Waals surface area contributed by atoms with Gasteiger partial charge in [-0.3, -0.25) is 9.10 Å². The van der Waals surface area contributed by atoms with Gasteiger partial charge >= 0.3 is 0 Å². The molecule has 1 aliphatic rings. The van der Waals surface area contributed by atoms with Crippen LogP contribution in [0.25, 0.3) is 0 Å². The first-order valence-electron chi connectivity index (χ1n) is 8.64. The Bertz CT molecular complexity index is 647. The number of benzene rings is 1. The Balaban J connectivity index is 2.01. The molecule has 1 amide bonds. The van der Waals surface area contributed by atoms with Gasteiger partial charge in [-0.25, -0.2) is 8.42 Å². The molecule has 1 aliphatic carbocycles. The van der Waals surface area contributed by atoms with Crippen LogP contribution < -0.4 is 9.62 Å². The molecule has 1 saturated carbocycles. The predicted molar refractivity (Wildman–Crippen MR) is 97.7 cm³/mol. The zero-order valence-electron chi connectivity index (χ0n) is 14.8. The highest BCUT2D eigenvalue weighted by Crippen LogP contribution is 2.22. The van der Waals surface area contributed by atoms with E-state index >= 15 is 0 Å². The lowest BCUT2D eigenvalue weighted by atomic mass is 10.0. The molecule has 1 N–H and O–H groups in total. The summed E-state index contributed by atoms with van der Waals surface area (Å²) in [5, 5.41) is 3.00. The summed E-state index contributed by atoms with van der Waals surface area (Å²) in [4.78, 5) is 12.1. The van der Waals surface area contributed by atoms with Gasteiger partial charge in [0.2, 0.25) is 15.9 Å². The summed E-state index contributed by atoms with van der Waals surface area (Å²) in [5.41, 5.74) is 1.77. The predicted octanol–water partition coefficient (Wildman–Crippen LogP) is 3.02. The molecule has 1 fully saturated rings. The summed E-state index contributed by atoms with van der Waals surface area (Å²) in [6, 6.07) is 7.76. The summed E-state index contributed by atoms with van der Waals surface area (Å²) >= 11 is 0. The first-order valence-corrected chi connectivity index (χ1v) is 10.5. The van der Waals surface area contributed by atoms with Crippen molar-refractivity contribution >= 4 is 21.6 Å². The third kappa shape index (κ3) is 5.23. The molecule has 134 valence electrons. The lowest BCUT2D eigenvalue weighted by Gasteiger charge is -2.23. The number of carbonyl (C=O) groups is 1. The van der Waals surface area contributed by atoms with Crippen LogP contribution in [0.15, 0.2) is 24.3 Å². The van der Waals surface area contributed by atoms with Gasteiger partial charge < -0.3 is 5.32 Å². The van der Waals surface area contributed by atoms with Crippen LogP contribution in [0.2, 0.25) is 0 Å². The molecule has 0 spiro atoms. The molecule has 0 atom stereocenters. The number of hydrogen-bond acceptors (Lipinski definition) is 3. The molecule has 0 heterocycles. The topological polar surface area (TPSA) is 66.5 Å². The quantitative estimate of drug-likeness (QED) is 0.820. The van der Waals surface area contributed by atoms with E-state index in [1.807, 2.05) is 24.3 Å². The highest BCUT2D eigenvalue weighted by molar-refractivity contribution is 7.92. The third-order valence-electron chi connectivity index (χ3n) is 4.51. The molecule has 0 aromatic heterocycles. The van der Waals surface area contributed by atoms with Gasteiger partial charge in [-0.05, 0) is 36.5 Å². The fraction of sp³-hybridized carbons (Fsp3) is 0.611. The van der Waals surface area contributed by atoms with Gasteiger partial charge in [-0.15, -0.1) is 0 Å². The fourth-order valence-electron chi connectivity index (χ4n) is 3.08. The van der Waals surface area contributed by atoms with Crippen LogP contribution in [0.3, 0.4) is 0 Å². The second kappa shape index (κ2) is 8.01. The Morgan fingerprint density at radius 2 is 1.79 bits per heavy atom. The molecule has 0 radical (unpaired) electrons. The monoisotopic (exact) mass is 352 g/mol. The molecular weight excluding hydrogens is 324 g/mol. The molecule has 1 aromatic carbocycles. The maximum absolute atomic E-state index is 12.1. The molecule has 0 unspecified atom stereocenters. The molecule has 0 bridgehead atoms. The average Bonchev–Trinajstić information content (AvgIpc) is 2.99. The van der Waals surface area contributed by atoms with E-state index in [0.717, 1.165) is 31.2 Å². The van der Waals surface area contributed by atoms with E-state index in [9.17, 15) is 13.2 Å². The van der Waals surface area contributed by atoms with E-state index in [-0.39, 0.29) is 24.9 Å². The number of nitrogens with one attached hydrogen (secondary N) is 1. The van der Waals surface area contributed by atoms with Crippen LogP contribution >= 0.6 is 0 Å². The maximum Gasteiger partial charge on any atom is 0.232 e. The van der Waals surface area contributed by atoms with E-state index < -0.39 is 10.0 Å². The van der Waals surface area contributed by atoms with E-state index in [2.05, 4.69) is 19.2 Å². The van der Waals surface area contributed by atoms with Crippen molar-refractivity contribution < 1.29 is 13.2 Å². The smallest absolute Gasteiger partial charge is 0.232 e. The minimum atomic E-state index is -3.42. The zero-order valence-corrected chi connectivity index (χ0v) is 15.6. The lowest BCUT2D eigenvalue weighted by molar-refractivity contribution is -0.121. The number of anilines is 1. The van der Waals surface area contributed by atoms with Gasteiger partial charge in [0.1, 0.15) is 0 Å². The normalized spacial score (nSPS) is 15.7. The molecule has 24 heavy (non-hydrogen) atoms. The van der Waals surface area contributed by atoms with Gasteiger partial charge in [-0.1, -0.05) is 38.8 Å². The Hall–Kier alpha value is -1.56. The van der Waals surface area contributed by atoms with E-state index in [1.54, 1.807) is 0 Å². The lowest BCUT2D eigenvalue weighted by Crippen LogP contribution is -2.37. The first kappa shape index (κ1) is 18.8. The number of amides is 1. The molecule has 6 heteroatoms. The summed E-state index contributed by atoms with van der Waals surface area (Å²) in [5.74, 6) is 0.317. The van der Waals surface area contributed by atoms with Crippen LogP contribution in [0.1, 0.15) is 57.4 Å². The number of carbonyl (C=O) groups excluding carboxylic acids is 1. The zero-order chi connectivity index (χ0) is 17.7. The Labute approximate surface area is 145 Å². The Morgan fingerprint density at radius 1 is 1.21 bits per heavy atom. The van der Waals surface area contributed by atoms with E-state index in [4.69, 9.17) is 0 Å². The van der Waals surface area contributed by atoms with Crippen LogP contribution in [-0.4, -0.2) is 33.2 Å². The number of rotatable bonds is 7. The third-order valence-corrected chi connectivity index (χ3v) is 5.70. The van der Waals surface area contributed by atoms with Crippen LogP contribution in [-0.2, 0) is 14.8 Å². The van der Waals surface area contributed by atoms with Gasteiger partial charge in [0.05, 0.1) is 11.9 Å². The highest BCUT2D eigenvalue weighted by atomic mass is 32.2. The first-order chi connectivity index (χ1) is 11.3. The standard InChI is InChI=1S/C18H28N2O3S/c1-14(2)15-8-10-17(11-9-15)20(24(3,22)23)13-12-18(21)19-16-6-4-5-7-16/h8-11,14,16H,4-7,12-13H2,1-3H3,(H,19,21). The van der Waals surface area contributed by atoms with Crippen molar-refractivity contribution in [2.45, 2.75) is 57.9 Å². The van der Waals surface area contributed by atoms with Crippen molar-refractivity contribution in [1.29, 1.82) is 0 Å². The summed E-state index contributed by atoms with van der Waals surface area (Å²) < 4.78 is 25.5. The van der Waals surface area contributed by atoms with Gasteiger partial charge in [0.25, 0.3) is 0 Å². The van der Waals surface area contributed by atoms with Crippen molar-refractivity contribution in [2.24, 2.45) is 0 Å². The minimum absolute atomic E-state index is 0.0747. The summed E-state index contributed by atoms with van der Waals surface area (Å²) in [6.07, 6.45) is 5.72.